The molecule has 4 rings (SSSR count). The van der Waals surface area contributed by atoms with Gasteiger partial charge in [0, 0.05) is 38.4 Å². The lowest BCUT2D eigenvalue weighted by atomic mass is 9.81. The Kier molecular flexibility index (Phi) is 10.2. The van der Waals surface area contributed by atoms with Gasteiger partial charge in [-0.15, -0.1) is 0 Å². The number of aryl methyl sites for hydroxylation is 1. The van der Waals surface area contributed by atoms with Crippen LogP contribution in [0.2, 0.25) is 0 Å². The molecule has 0 aliphatic heterocycles. The fraction of sp³-hybridized carbons (Fsp3) is 0.438. The van der Waals surface area contributed by atoms with E-state index < -0.39 is 11.7 Å². The molecular weight excluding hydrogens is 536 g/mol. The first-order chi connectivity index (χ1) is 20.2. The van der Waals surface area contributed by atoms with Gasteiger partial charge in [0.05, 0.1) is 31.2 Å². The van der Waals surface area contributed by atoms with E-state index in [1.54, 1.807) is 14.2 Å². The fourth-order valence-corrected chi connectivity index (χ4v) is 5.56. The second-order valence-electron chi connectivity index (χ2n) is 10.9. The minimum Gasteiger partial charge on any atom is -0.493 e. The zero-order valence-electron chi connectivity index (χ0n) is 24.4. The molecule has 0 amide bonds. The van der Waals surface area contributed by atoms with E-state index in [2.05, 4.69) is 17.9 Å². The zero-order valence-corrected chi connectivity index (χ0v) is 24.4. The van der Waals surface area contributed by atoms with E-state index in [1.807, 2.05) is 42.5 Å². The number of hydrogen-bond acceptors (Lipinski definition) is 7. The van der Waals surface area contributed by atoms with E-state index >= 15 is 0 Å². The molecular formula is C32H38N4O6. The summed E-state index contributed by atoms with van der Waals surface area (Å²) < 4.78 is 14.0. The van der Waals surface area contributed by atoms with Crippen LogP contribution in [0.1, 0.15) is 55.3 Å². The number of carbonyl (C=O) groups is 1. The molecule has 1 saturated carbocycles. The lowest BCUT2D eigenvalue weighted by Crippen LogP contribution is -2.39. The van der Waals surface area contributed by atoms with Crippen LogP contribution in [-0.2, 0) is 24.9 Å². The number of methoxy groups -OCH3 is 1. The molecule has 0 bridgehead atoms. The Bertz CT molecular complexity index is 1530. The average molecular weight is 575 g/mol. The van der Waals surface area contributed by atoms with E-state index in [9.17, 15) is 24.8 Å². The Balaban J connectivity index is 1.49. The Hall–Kier alpha value is -4.36. The van der Waals surface area contributed by atoms with Gasteiger partial charge in [-0.25, -0.2) is 4.79 Å². The summed E-state index contributed by atoms with van der Waals surface area (Å²) in [6.07, 6.45) is 4.57. The first-order valence-electron chi connectivity index (χ1n) is 14.2. The quantitative estimate of drug-likeness (QED) is 0.345. The summed E-state index contributed by atoms with van der Waals surface area (Å²) in [5, 5.41) is 18.6. The topological polar surface area (TPSA) is 127 Å². The zero-order chi connectivity index (χ0) is 30.2. The first kappa shape index (κ1) is 30.6. The number of ether oxygens (including phenoxy) is 2. The third-order valence-corrected chi connectivity index (χ3v) is 8.18. The van der Waals surface area contributed by atoms with Crippen molar-refractivity contribution >= 4 is 5.97 Å². The standard InChI is InChI=1S/C32H38N4O6/c1-22(26-9-4-23(19-33)5-10-26)35(20-24-6-11-27(12-7-24)31(38)39)21-25-8-13-28(29(18-25)41-3)42-17-16-36-30(37)14-15-34(2)32(36)40/h4-5,8-10,13-15,18,22,24,27H,6-7,11-12,16-17,20-21H2,1-3H3,(H,38,39)/t22?,24-,27-. The third kappa shape index (κ3) is 7.47. The molecule has 0 saturated heterocycles. The molecule has 0 radical (unpaired) electrons. The smallest absolute Gasteiger partial charge is 0.330 e. The van der Waals surface area contributed by atoms with Gasteiger partial charge in [-0.2, -0.15) is 5.26 Å². The van der Waals surface area contributed by atoms with Crippen molar-refractivity contribution in [1.82, 2.24) is 14.0 Å². The van der Waals surface area contributed by atoms with Gasteiger partial charge in [0.25, 0.3) is 5.56 Å². The van der Waals surface area contributed by atoms with Crippen molar-refractivity contribution in [2.24, 2.45) is 18.9 Å². The summed E-state index contributed by atoms with van der Waals surface area (Å²) in [6, 6.07) is 17.0. The molecule has 10 nitrogen and oxygen atoms in total. The minimum absolute atomic E-state index is 0.0589. The van der Waals surface area contributed by atoms with Crippen molar-refractivity contribution in [2.45, 2.75) is 51.7 Å². The van der Waals surface area contributed by atoms with Crippen LogP contribution in [0.25, 0.3) is 0 Å². The largest absolute Gasteiger partial charge is 0.493 e. The number of carboxylic acid groups (broad SMARTS) is 1. The number of benzene rings is 2. The van der Waals surface area contributed by atoms with Crippen molar-refractivity contribution in [2.75, 3.05) is 20.3 Å². The average Bonchev–Trinajstić information content (AvgIpc) is 3.00. The molecule has 1 aliphatic carbocycles. The number of nitrogens with zero attached hydrogens (tertiary/aromatic N) is 4. The SMILES string of the molecule is COc1cc(CN(C[C@H]2CC[C@H](C(=O)O)CC2)C(C)c2ccc(C#N)cc2)ccc1OCCn1c(=O)ccn(C)c1=O. The van der Waals surface area contributed by atoms with Crippen molar-refractivity contribution in [1.29, 1.82) is 5.26 Å². The van der Waals surface area contributed by atoms with Crippen LogP contribution in [0.15, 0.2) is 64.3 Å². The number of rotatable bonds is 12. The van der Waals surface area contributed by atoms with Crippen LogP contribution in [-0.4, -0.2) is 45.4 Å². The first-order valence-corrected chi connectivity index (χ1v) is 14.2. The molecule has 1 unspecified atom stereocenters. The van der Waals surface area contributed by atoms with Gasteiger partial charge in [0.2, 0.25) is 0 Å². The number of aromatic nitrogens is 2. The van der Waals surface area contributed by atoms with Crippen LogP contribution in [0.5, 0.6) is 11.5 Å². The van der Waals surface area contributed by atoms with Crippen molar-refractivity contribution in [3.63, 3.8) is 0 Å². The van der Waals surface area contributed by atoms with Crippen molar-refractivity contribution < 1.29 is 19.4 Å². The van der Waals surface area contributed by atoms with Crippen LogP contribution >= 0.6 is 0 Å². The van der Waals surface area contributed by atoms with Crippen LogP contribution in [0.4, 0.5) is 0 Å². The number of hydrogen-bond donors (Lipinski definition) is 1. The van der Waals surface area contributed by atoms with Crippen molar-refractivity contribution in [3.8, 4) is 17.6 Å². The Morgan fingerprint density at radius 1 is 1.10 bits per heavy atom. The highest BCUT2D eigenvalue weighted by Crippen LogP contribution is 2.34. The summed E-state index contributed by atoms with van der Waals surface area (Å²) in [7, 11) is 3.16. The summed E-state index contributed by atoms with van der Waals surface area (Å²) in [5.41, 5.74) is 1.95. The van der Waals surface area contributed by atoms with Crippen LogP contribution in [0, 0.1) is 23.2 Å². The summed E-state index contributed by atoms with van der Waals surface area (Å²) >= 11 is 0. The predicted octanol–water partition coefficient (Wildman–Crippen LogP) is 3.96. The van der Waals surface area contributed by atoms with Crippen LogP contribution in [0.3, 0.4) is 0 Å². The Morgan fingerprint density at radius 2 is 1.81 bits per heavy atom. The van der Waals surface area contributed by atoms with Gasteiger partial charge < -0.3 is 19.1 Å². The molecule has 10 heteroatoms. The van der Waals surface area contributed by atoms with E-state index in [4.69, 9.17) is 9.47 Å². The Morgan fingerprint density at radius 3 is 2.45 bits per heavy atom. The highest BCUT2D eigenvalue weighted by Gasteiger charge is 2.28. The molecule has 3 aromatic rings. The highest BCUT2D eigenvalue weighted by atomic mass is 16.5. The van der Waals surface area contributed by atoms with Crippen molar-refractivity contribution in [3.05, 3.63) is 92.3 Å². The second-order valence-corrected chi connectivity index (χ2v) is 10.9. The molecule has 222 valence electrons. The van der Waals surface area contributed by atoms with E-state index in [0.717, 1.165) is 35.1 Å². The van der Waals surface area contributed by atoms with Gasteiger partial charge in [0.1, 0.15) is 6.61 Å². The van der Waals surface area contributed by atoms with E-state index in [-0.39, 0.29) is 30.7 Å². The molecule has 1 N–H and O–H groups in total. The molecule has 1 heterocycles. The molecule has 1 atom stereocenters. The van der Waals surface area contributed by atoms with Gasteiger partial charge in [-0.3, -0.25) is 19.1 Å². The monoisotopic (exact) mass is 574 g/mol. The van der Waals surface area contributed by atoms with Gasteiger partial charge in [-0.1, -0.05) is 18.2 Å². The second kappa shape index (κ2) is 14.0. The fourth-order valence-electron chi connectivity index (χ4n) is 5.56. The molecule has 0 spiro atoms. The maximum atomic E-state index is 12.3. The molecule has 42 heavy (non-hydrogen) atoms. The Labute approximate surface area is 245 Å². The lowest BCUT2D eigenvalue weighted by molar-refractivity contribution is -0.143. The molecule has 1 fully saturated rings. The van der Waals surface area contributed by atoms with Gasteiger partial charge in [0.15, 0.2) is 11.5 Å². The minimum atomic E-state index is -0.705. The summed E-state index contributed by atoms with van der Waals surface area (Å²) in [5.74, 6) is 0.490. The van der Waals surface area contributed by atoms with E-state index in [1.165, 1.54) is 16.8 Å². The summed E-state index contributed by atoms with van der Waals surface area (Å²) in [4.78, 5) is 38.2. The van der Waals surface area contributed by atoms with Gasteiger partial charge in [-0.05, 0) is 73.9 Å². The summed E-state index contributed by atoms with van der Waals surface area (Å²) in [6.45, 7) is 3.82. The molecule has 2 aromatic carbocycles. The maximum absolute atomic E-state index is 12.3. The maximum Gasteiger partial charge on any atom is 0.330 e. The van der Waals surface area contributed by atoms with E-state index in [0.29, 0.717) is 42.4 Å². The van der Waals surface area contributed by atoms with Gasteiger partial charge >= 0.3 is 11.7 Å². The molecule has 1 aliphatic rings. The number of nitriles is 1. The lowest BCUT2D eigenvalue weighted by Gasteiger charge is -2.35. The number of carboxylic acids is 1. The molecule has 1 aromatic heterocycles. The predicted molar refractivity (Wildman–Crippen MR) is 157 cm³/mol. The third-order valence-electron chi connectivity index (χ3n) is 8.18. The highest BCUT2D eigenvalue weighted by molar-refractivity contribution is 5.70. The number of aliphatic carboxylic acids is 1. The van der Waals surface area contributed by atoms with Crippen LogP contribution < -0.4 is 20.7 Å². The normalized spacial score (nSPS) is 17.4.